The SMILES string of the molecule is Cl.Clc1ccc(C[P+](c2ccccc2)(c2ccccc2)c2ccccc2)c(Cl)c1. The van der Waals surface area contributed by atoms with E-state index in [2.05, 4.69) is 97.1 Å². The topological polar surface area (TPSA) is 0 Å². The molecule has 0 heterocycles. The highest BCUT2D eigenvalue weighted by atomic mass is 35.5. The van der Waals surface area contributed by atoms with Crippen LogP contribution in [0.5, 0.6) is 0 Å². The molecule has 4 aromatic rings. The molecular weight excluding hydrogens is 438 g/mol. The van der Waals surface area contributed by atoms with Crippen molar-refractivity contribution in [2.24, 2.45) is 0 Å². The molecule has 0 aliphatic rings. The first kappa shape index (κ1) is 21.9. The average molecular weight is 459 g/mol. The van der Waals surface area contributed by atoms with E-state index in [0.29, 0.717) is 5.02 Å². The number of rotatable bonds is 5. The molecule has 4 rings (SSSR count). The van der Waals surface area contributed by atoms with Gasteiger partial charge in [-0.3, -0.25) is 0 Å². The van der Waals surface area contributed by atoms with Gasteiger partial charge < -0.3 is 0 Å². The number of halogens is 3. The molecule has 0 bridgehead atoms. The van der Waals surface area contributed by atoms with Gasteiger partial charge >= 0.3 is 0 Å². The van der Waals surface area contributed by atoms with Crippen LogP contribution in [0.15, 0.2) is 109 Å². The van der Waals surface area contributed by atoms with E-state index in [9.17, 15) is 0 Å². The van der Waals surface area contributed by atoms with Gasteiger partial charge in [0.05, 0.1) is 6.16 Å². The molecule has 0 N–H and O–H groups in total. The zero-order chi connectivity index (χ0) is 19.4. The summed E-state index contributed by atoms with van der Waals surface area (Å²) < 4.78 is 0. The molecule has 0 radical (unpaired) electrons. The second-order valence-electron chi connectivity index (χ2n) is 6.71. The normalized spacial score (nSPS) is 11.0. The van der Waals surface area contributed by atoms with Gasteiger partial charge in [0.15, 0.2) is 0 Å². The monoisotopic (exact) mass is 457 g/mol. The van der Waals surface area contributed by atoms with Crippen molar-refractivity contribution in [3.63, 3.8) is 0 Å². The molecule has 4 aromatic carbocycles. The number of benzene rings is 4. The van der Waals surface area contributed by atoms with Crippen molar-refractivity contribution < 1.29 is 0 Å². The predicted octanol–water partition coefficient (Wildman–Crippen LogP) is 6.91. The Morgan fingerprint density at radius 2 is 0.966 bits per heavy atom. The van der Waals surface area contributed by atoms with Gasteiger partial charge in [-0.15, -0.1) is 12.4 Å². The summed E-state index contributed by atoms with van der Waals surface area (Å²) in [6, 6.07) is 38.3. The fourth-order valence-corrected chi connectivity index (χ4v) is 8.51. The van der Waals surface area contributed by atoms with Crippen LogP contribution >= 0.6 is 42.9 Å². The third-order valence-electron chi connectivity index (χ3n) is 5.01. The lowest BCUT2D eigenvalue weighted by Crippen LogP contribution is -2.32. The Bertz CT molecular complexity index is 955. The summed E-state index contributed by atoms with van der Waals surface area (Å²) in [5.74, 6) is 0. The Morgan fingerprint density at radius 1 is 0.552 bits per heavy atom. The number of hydrogen-bond acceptors (Lipinski definition) is 0. The van der Waals surface area contributed by atoms with Gasteiger partial charge in [0.25, 0.3) is 0 Å². The summed E-state index contributed by atoms with van der Waals surface area (Å²) in [6.45, 7) is 0. The third-order valence-corrected chi connectivity index (χ3v) is 9.95. The van der Waals surface area contributed by atoms with Crippen LogP contribution in [0.4, 0.5) is 0 Å². The highest BCUT2D eigenvalue weighted by Gasteiger charge is 2.45. The Kier molecular flexibility index (Phi) is 7.38. The van der Waals surface area contributed by atoms with Crippen molar-refractivity contribution in [2.45, 2.75) is 6.16 Å². The van der Waals surface area contributed by atoms with Crippen LogP contribution in [0.1, 0.15) is 5.56 Å². The van der Waals surface area contributed by atoms with E-state index in [-0.39, 0.29) is 12.4 Å². The van der Waals surface area contributed by atoms with Crippen LogP contribution in [0.3, 0.4) is 0 Å². The summed E-state index contributed by atoms with van der Waals surface area (Å²) in [7, 11) is -1.94. The maximum absolute atomic E-state index is 6.63. The first-order valence-electron chi connectivity index (χ1n) is 9.19. The van der Waals surface area contributed by atoms with E-state index < -0.39 is 7.26 Å². The Balaban J connectivity index is 0.00000240. The van der Waals surface area contributed by atoms with Gasteiger partial charge in [-0.25, -0.2) is 0 Å². The van der Waals surface area contributed by atoms with Crippen molar-refractivity contribution >= 4 is 58.8 Å². The zero-order valence-electron chi connectivity index (χ0n) is 15.7. The van der Waals surface area contributed by atoms with Crippen LogP contribution in [-0.4, -0.2) is 0 Å². The minimum Gasteiger partial charge on any atom is -0.147 e. The highest BCUT2D eigenvalue weighted by Crippen LogP contribution is 2.58. The third kappa shape index (κ3) is 4.52. The summed E-state index contributed by atoms with van der Waals surface area (Å²) in [6.07, 6.45) is 0.848. The van der Waals surface area contributed by atoms with Crippen molar-refractivity contribution in [1.82, 2.24) is 0 Å². The molecule has 0 aromatic heterocycles. The molecule has 0 fully saturated rings. The van der Waals surface area contributed by atoms with Crippen LogP contribution in [0.2, 0.25) is 10.0 Å². The average Bonchev–Trinajstić information content (AvgIpc) is 2.75. The molecule has 4 heteroatoms. The van der Waals surface area contributed by atoms with Crippen molar-refractivity contribution in [2.75, 3.05) is 0 Å². The quantitative estimate of drug-likeness (QED) is 0.285. The van der Waals surface area contributed by atoms with Crippen molar-refractivity contribution in [3.05, 3.63) is 125 Å². The van der Waals surface area contributed by atoms with Crippen LogP contribution in [0, 0.1) is 0 Å². The molecule has 146 valence electrons. The molecule has 0 saturated carbocycles. The molecule has 0 aliphatic carbocycles. The van der Waals surface area contributed by atoms with E-state index in [1.807, 2.05) is 12.1 Å². The second kappa shape index (κ2) is 9.79. The fraction of sp³-hybridized carbons (Fsp3) is 0.0400. The molecule has 0 aliphatic heterocycles. The lowest BCUT2D eigenvalue weighted by Gasteiger charge is -2.28. The van der Waals surface area contributed by atoms with Crippen LogP contribution in [-0.2, 0) is 6.16 Å². The summed E-state index contributed by atoms with van der Waals surface area (Å²) >= 11 is 12.8. The standard InChI is InChI=1S/C25H20Cl2P.ClH/c26-21-17-16-20(25(27)18-21)19-28(22-10-4-1-5-11-22,23-12-6-2-7-13-23)24-14-8-3-9-15-24;/h1-18H,19H2;1H/q+1;. The zero-order valence-corrected chi connectivity index (χ0v) is 18.9. The molecule has 0 spiro atoms. The summed E-state index contributed by atoms with van der Waals surface area (Å²) in [5, 5.41) is 5.42. The van der Waals surface area contributed by atoms with Gasteiger partial charge in [0, 0.05) is 15.6 Å². The molecule has 0 atom stereocenters. The van der Waals surface area contributed by atoms with E-state index in [0.717, 1.165) is 16.7 Å². The lowest BCUT2D eigenvalue weighted by molar-refractivity contribution is 1.39. The minimum atomic E-state index is -1.94. The van der Waals surface area contributed by atoms with E-state index in [1.54, 1.807) is 0 Å². The van der Waals surface area contributed by atoms with E-state index in [4.69, 9.17) is 23.2 Å². The molecular formula is C25H21Cl3P+. The smallest absolute Gasteiger partial charge is 0.116 e. The molecule has 0 saturated heterocycles. The van der Waals surface area contributed by atoms with Crippen molar-refractivity contribution in [3.8, 4) is 0 Å². The highest BCUT2D eigenvalue weighted by molar-refractivity contribution is 7.95. The maximum Gasteiger partial charge on any atom is 0.116 e. The molecule has 0 nitrogen and oxygen atoms in total. The van der Waals surface area contributed by atoms with E-state index >= 15 is 0 Å². The first-order valence-corrected chi connectivity index (χ1v) is 11.9. The Hall–Kier alpha value is -1.82. The Labute approximate surface area is 189 Å². The van der Waals surface area contributed by atoms with Crippen LogP contribution in [0.25, 0.3) is 0 Å². The second-order valence-corrected chi connectivity index (χ2v) is 11.0. The van der Waals surface area contributed by atoms with Crippen molar-refractivity contribution in [1.29, 1.82) is 0 Å². The van der Waals surface area contributed by atoms with E-state index in [1.165, 1.54) is 15.9 Å². The van der Waals surface area contributed by atoms with Gasteiger partial charge in [-0.1, -0.05) is 83.9 Å². The van der Waals surface area contributed by atoms with Crippen LogP contribution < -0.4 is 15.9 Å². The predicted molar refractivity (Wildman–Crippen MR) is 133 cm³/mol. The van der Waals surface area contributed by atoms with Gasteiger partial charge in [-0.2, -0.15) is 0 Å². The Morgan fingerprint density at radius 3 is 1.34 bits per heavy atom. The van der Waals surface area contributed by atoms with Gasteiger partial charge in [-0.05, 0) is 48.5 Å². The molecule has 29 heavy (non-hydrogen) atoms. The lowest BCUT2D eigenvalue weighted by atomic mass is 10.2. The maximum atomic E-state index is 6.63. The molecule has 0 unspecified atom stereocenters. The van der Waals surface area contributed by atoms with Gasteiger partial charge in [0.1, 0.15) is 23.2 Å². The summed E-state index contributed by atoms with van der Waals surface area (Å²) in [4.78, 5) is 0. The van der Waals surface area contributed by atoms with Gasteiger partial charge in [0.2, 0.25) is 0 Å². The number of hydrogen-bond donors (Lipinski definition) is 0. The molecule has 0 amide bonds. The largest absolute Gasteiger partial charge is 0.147 e. The fourth-order valence-electron chi connectivity index (χ4n) is 3.67. The first-order chi connectivity index (χ1) is 13.7. The summed E-state index contributed by atoms with van der Waals surface area (Å²) in [5.41, 5.74) is 1.12. The minimum absolute atomic E-state index is 0.